The number of sulfonamides is 1. The van der Waals surface area contributed by atoms with Gasteiger partial charge in [-0.1, -0.05) is 31.7 Å². The van der Waals surface area contributed by atoms with E-state index in [1.54, 1.807) is 19.1 Å². The summed E-state index contributed by atoms with van der Waals surface area (Å²) in [5.41, 5.74) is 6.85. The molecule has 1 aromatic rings. The third-order valence-electron chi connectivity index (χ3n) is 4.32. The predicted octanol–water partition coefficient (Wildman–Crippen LogP) is 2.20. The van der Waals surface area contributed by atoms with E-state index in [9.17, 15) is 8.42 Å². The molecule has 0 spiro atoms. The highest BCUT2D eigenvalue weighted by atomic mass is 32.2. The smallest absolute Gasteiger partial charge is 0.240 e. The summed E-state index contributed by atoms with van der Waals surface area (Å²) in [5, 5.41) is 8.94. The second-order valence-electron chi connectivity index (χ2n) is 6.19. The molecule has 0 atom stereocenters. The molecule has 0 unspecified atom stereocenters. The fourth-order valence-electron chi connectivity index (χ4n) is 2.89. The third-order valence-corrected chi connectivity index (χ3v) is 5.86. The van der Waals surface area contributed by atoms with E-state index in [4.69, 9.17) is 11.0 Å². The lowest BCUT2D eigenvalue weighted by atomic mass is 9.92. The molecular weight excluding hydrogens is 298 g/mol. The maximum atomic E-state index is 12.5. The molecule has 6 heteroatoms. The van der Waals surface area contributed by atoms with E-state index in [-0.39, 0.29) is 11.4 Å². The van der Waals surface area contributed by atoms with Crippen molar-refractivity contribution in [3.8, 4) is 6.07 Å². The van der Waals surface area contributed by atoms with Gasteiger partial charge in [0.25, 0.3) is 0 Å². The summed E-state index contributed by atoms with van der Waals surface area (Å²) in [4.78, 5) is 0.156. The topological polar surface area (TPSA) is 96.0 Å². The molecule has 0 aromatic heterocycles. The number of aryl methyl sites for hydroxylation is 1. The molecular formula is C16H23N3O2S. The van der Waals surface area contributed by atoms with E-state index in [0.29, 0.717) is 11.1 Å². The molecule has 0 radical (unpaired) electrons. The van der Waals surface area contributed by atoms with Crippen LogP contribution in [0.1, 0.15) is 49.7 Å². The van der Waals surface area contributed by atoms with Gasteiger partial charge in [0.1, 0.15) is 0 Å². The highest BCUT2D eigenvalue weighted by Crippen LogP contribution is 2.25. The second-order valence-corrected chi connectivity index (χ2v) is 7.93. The van der Waals surface area contributed by atoms with Crippen LogP contribution in [0.3, 0.4) is 0 Å². The van der Waals surface area contributed by atoms with Crippen molar-refractivity contribution in [2.24, 2.45) is 5.73 Å². The van der Waals surface area contributed by atoms with Crippen molar-refractivity contribution in [2.75, 3.05) is 6.54 Å². The van der Waals surface area contributed by atoms with Crippen molar-refractivity contribution in [2.45, 2.75) is 55.9 Å². The van der Waals surface area contributed by atoms with Gasteiger partial charge in [0.15, 0.2) is 0 Å². The fourth-order valence-corrected chi connectivity index (χ4v) is 4.29. The Morgan fingerprint density at radius 1 is 1.27 bits per heavy atom. The molecule has 0 heterocycles. The van der Waals surface area contributed by atoms with Crippen LogP contribution in [0.25, 0.3) is 0 Å². The Hall–Kier alpha value is -1.42. The number of hydrogen-bond acceptors (Lipinski definition) is 4. The monoisotopic (exact) mass is 321 g/mol. The molecule has 2 rings (SSSR count). The van der Waals surface area contributed by atoms with Crippen LogP contribution < -0.4 is 10.5 Å². The number of nitrogens with two attached hydrogens (primary N) is 1. The molecule has 1 aliphatic rings. The van der Waals surface area contributed by atoms with Crippen LogP contribution in [-0.2, 0) is 10.0 Å². The van der Waals surface area contributed by atoms with Crippen LogP contribution in [-0.4, -0.2) is 20.5 Å². The summed E-state index contributed by atoms with van der Waals surface area (Å²) < 4.78 is 27.7. The zero-order valence-electron chi connectivity index (χ0n) is 12.9. The largest absolute Gasteiger partial charge is 0.324 e. The molecule has 5 nitrogen and oxygen atoms in total. The van der Waals surface area contributed by atoms with Gasteiger partial charge in [-0.2, -0.15) is 5.26 Å². The third kappa shape index (κ3) is 4.07. The molecule has 0 amide bonds. The molecule has 1 aliphatic carbocycles. The first-order valence-electron chi connectivity index (χ1n) is 7.66. The number of nitriles is 1. The van der Waals surface area contributed by atoms with E-state index >= 15 is 0 Å². The molecule has 0 bridgehead atoms. The first-order chi connectivity index (χ1) is 10.4. The summed E-state index contributed by atoms with van der Waals surface area (Å²) in [7, 11) is -3.65. The van der Waals surface area contributed by atoms with Crippen molar-refractivity contribution >= 4 is 10.0 Å². The van der Waals surface area contributed by atoms with Gasteiger partial charge >= 0.3 is 0 Å². The lowest BCUT2D eigenvalue weighted by Crippen LogP contribution is -2.49. The highest BCUT2D eigenvalue weighted by molar-refractivity contribution is 7.89. The van der Waals surface area contributed by atoms with Crippen molar-refractivity contribution in [3.63, 3.8) is 0 Å². The van der Waals surface area contributed by atoms with Gasteiger partial charge in [-0.15, -0.1) is 0 Å². The minimum Gasteiger partial charge on any atom is -0.324 e. The van der Waals surface area contributed by atoms with Gasteiger partial charge in [0.05, 0.1) is 16.5 Å². The van der Waals surface area contributed by atoms with Gasteiger partial charge < -0.3 is 5.73 Å². The number of hydrogen-bond donors (Lipinski definition) is 2. The van der Waals surface area contributed by atoms with Crippen molar-refractivity contribution < 1.29 is 8.42 Å². The minimum absolute atomic E-state index is 0.156. The number of nitrogens with zero attached hydrogens (tertiary/aromatic N) is 1. The molecule has 0 saturated heterocycles. The van der Waals surface area contributed by atoms with Crippen molar-refractivity contribution in [1.82, 2.24) is 4.72 Å². The second kappa shape index (κ2) is 6.78. The summed E-state index contributed by atoms with van der Waals surface area (Å²) in [6, 6.07) is 6.65. The molecule has 3 N–H and O–H groups in total. The van der Waals surface area contributed by atoms with Crippen LogP contribution in [0.2, 0.25) is 0 Å². The first kappa shape index (κ1) is 16.9. The SMILES string of the molecule is Cc1ccc(C#N)cc1S(=O)(=O)NCC1(N)CCCCCC1. The van der Waals surface area contributed by atoms with Crippen LogP contribution in [0.15, 0.2) is 23.1 Å². The Morgan fingerprint density at radius 2 is 1.91 bits per heavy atom. The normalized spacial score (nSPS) is 18.4. The minimum atomic E-state index is -3.65. The molecule has 1 aromatic carbocycles. The van der Waals surface area contributed by atoms with Crippen LogP contribution in [0.4, 0.5) is 0 Å². The van der Waals surface area contributed by atoms with Crippen LogP contribution >= 0.6 is 0 Å². The van der Waals surface area contributed by atoms with Crippen LogP contribution in [0.5, 0.6) is 0 Å². The predicted molar refractivity (Wildman–Crippen MR) is 85.7 cm³/mol. The molecule has 1 fully saturated rings. The maximum Gasteiger partial charge on any atom is 0.240 e. The maximum absolute atomic E-state index is 12.5. The Labute approximate surface area is 132 Å². The van der Waals surface area contributed by atoms with Crippen LogP contribution in [0, 0.1) is 18.3 Å². The Morgan fingerprint density at radius 3 is 2.50 bits per heavy atom. The molecule has 22 heavy (non-hydrogen) atoms. The molecule has 0 aliphatic heterocycles. The zero-order chi connectivity index (χ0) is 16.2. The first-order valence-corrected chi connectivity index (χ1v) is 9.14. The van der Waals surface area contributed by atoms with Gasteiger partial charge in [-0.05, 0) is 37.5 Å². The number of benzene rings is 1. The van der Waals surface area contributed by atoms with Gasteiger partial charge in [0, 0.05) is 12.1 Å². The molecule has 120 valence electrons. The van der Waals surface area contributed by atoms with Gasteiger partial charge in [0.2, 0.25) is 10.0 Å². The van der Waals surface area contributed by atoms with Gasteiger partial charge in [-0.25, -0.2) is 13.1 Å². The van der Waals surface area contributed by atoms with E-state index in [2.05, 4.69) is 4.72 Å². The summed E-state index contributed by atoms with van der Waals surface area (Å²) in [6.45, 7) is 1.96. The van der Waals surface area contributed by atoms with E-state index in [1.165, 1.54) is 6.07 Å². The quantitative estimate of drug-likeness (QED) is 0.831. The van der Waals surface area contributed by atoms with Crippen molar-refractivity contribution in [3.05, 3.63) is 29.3 Å². The average Bonchev–Trinajstić information content (AvgIpc) is 2.71. The molecule has 1 saturated carbocycles. The lowest BCUT2D eigenvalue weighted by molar-refractivity contribution is 0.369. The Bertz CT molecular complexity index is 669. The standard InChI is InChI=1S/C16H23N3O2S/c1-13-6-7-14(11-17)10-15(13)22(20,21)19-12-16(18)8-4-2-3-5-9-16/h6-7,10,19H,2-5,8-9,12,18H2,1H3. The van der Waals surface area contributed by atoms with Gasteiger partial charge in [-0.3, -0.25) is 0 Å². The van der Waals surface area contributed by atoms with E-state index < -0.39 is 15.6 Å². The summed E-state index contributed by atoms with van der Waals surface area (Å²) in [6.07, 6.45) is 6.09. The summed E-state index contributed by atoms with van der Waals surface area (Å²) in [5.74, 6) is 0. The van der Waals surface area contributed by atoms with Crippen molar-refractivity contribution in [1.29, 1.82) is 5.26 Å². The average molecular weight is 321 g/mol. The number of nitrogens with one attached hydrogen (secondary N) is 1. The van der Waals surface area contributed by atoms with E-state index in [1.807, 2.05) is 6.07 Å². The van der Waals surface area contributed by atoms with E-state index in [0.717, 1.165) is 38.5 Å². The number of rotatable bonds is 4. The fraction of sp³-hybridized carbons (Fsp3) is 0.562. The Kier molecular flexibility index (Phi) is 5.22. The zero-order valence-corrected chi connectivity index (χ0v) is 13.7. The Balaban J connectivity index is 2.16. The summed E-state index contributed by atoms with van der Waals surface area (Å²) >= 11 is 0. The lowest BCUT2D eigenvalue weighted by Gasteiger charge is -2.28. The highest BCUT2D eigenvalue weighted by Gasteiger charge is 2.28.